The number of hydrogen-bond donors (Lipinski definition) is 2. The van der Waals surface area contributed by atoms with Crippen LogP contribution in [0, 0.1) is 5.82 Å². The number of amides is 1. The van der Waals surface area contributed by atoms with Gasteiger partial charge in [-0.15, -0.1) is 0 Å². The van der Waals surface area contributed by atoms with Crippen molar-refractivity contribution in [1.29, 1.82) is 0 Å². The van der Waals surface area contributed by atoms with Crippen LogP contribution >= 0.6 is 0 Å². The summed E-state index contributed by atoms with van der Waals surface area (Å²) in [5.41, 5.74) is 2.20. The Hall–Kier alpha value is -2.92. The third-order valence-corrected chi connectivity index (χ3v) is 5.21. The number of rotatable bonds is 8. The molecule has 0 bridgehead atoms. The maximum absolute atomic E-state index is 13.2. The zero-order chi connectivity index (χ0) is 21.6. The first-order chi connectivity index (χ1) is 14.3. The van der Waals surface area contributed by atoms with Crippen molar-refractivity contribution in [3.8, 4) is 0 Å². The SMILES string of the molecule is CC(C)(C)[NH+](Cc1ccc(F)cc1)Cc1ccc(C(=O)NCCc2ccccc2)o1. The third-order valence-electron chi connectivity index (χ3n) is 5.21. The van der Waals surface area contributed by atoms with Crippen molar-refractivity contribution in [3.05, 3.63) is 95.2 Å². The monoisotopic (exact) mass is 409 g/mol. The van der Waals surface area contributed by atoms with Crippen molar-refractivity contribution >= 4 is 5.91 Å². The number of hydrogen-bond acceptors (Lipinski definition) is 2. The molecule has 1 heterocycles. The fourth-order valence-corrected chi connectivity index (χ4v) is 3.30. The standard InChI is InChI=1S/C25H29FN2O2/c1-25(2,3)28(17-20-9-11-21(26)12-10-20)18-22-13-14-23(30-22)24(29)27-16-15-19-7-5-4-6-8-19/h4-14H,15-18H2,1-3H3,(H,27,29)/p+1. The fourth-order valence-electron chi connectivity index (χ4n) is 3.30. The lowest BCUT2D eigenvalue weighted by Crippen LogP contribution is -3.16. The third kappa shape index (κ3) is 6.29. The van der Waals surface area contributed by atoms with E-state index in [2.05, 4.69) is 26.1 Å². The van der Waals surface area contributed by atoms with Crippen molar-refractivity contribution in [1.82, 2.24) is 5.32 Å². The summed E-state index contributed by atoms with van der Waals surface area (Å²) in [5.74, 6) is 0.654. The lowest BCUT2D eigenvalue weighted by atomic mass is 10.0. The largest absolute Gasteiger partial charge is 0.450 e. The van der Waals surface area contributed by atoms with Crippen LogP contribution in [0.5, 0.6) is 0 Å². The molecule has 158 valence electrons. The first kappa shape index (κ1) is 21.8. The van der Waals surface area contributed by atoms with Crippen molar-refractivity contribution in [2.45, 2.75) is 45.8 Å². The van der Waals surface area contributed by atoms with Gasteiger partial charge in [0.05, 0.1) is 5.54 Å². The van der Waals surface area contributed by atoms with Crippen LogP contribution in [0.1, 0.15) is 48.2 Å². The summed E-state index contributed by atoms with van der Waals surface area (Å²) in [5, 5.41) is 2.91. The average molecular weight is 410 g/mol. The minimum Gasteiger partial charge on any atom is -0.450 e. The molecule has 0 fully saturated rings. The van der Waals surface area contributed by atoms with E-state index in [0.29, 0.717) is 18.8 Å². The van der Waals surface area contributed by atoms with Gasteiger partial charge in [0.25, 0.3) is 5.91 Å². The Bertz CT molecular complexity index is 943. The second kappa shape index (κ2) is 9.72. The molecule has 0 aliphatic carbocycles. The minimum atomic E-state index is -0.231. The lowest BCUT2D eigenvalue weighted by Gasteiger charge is -2.31. The second-order valence-corrected chi connectivity index (χ2v) is 8.59. The first-order valence-electron chi connectivity index (χ1n) is 10.3. The van der Waals surface area contributed by atoms with Gasteiger partial charge in [0.1, 0.15) is 18.9 Å². The number of carbonyl (C=O) groups is 1. The number of quaternary nitrogens is 1. The first-order valence-corrected chi connectivity index (χ1v) is 10.3. The van der Waals surface area contributed by atoms with E-state index in [0.717, 1.165) is 24.3 Å². The van der Waals surface area contributed by atoms with Crippen molar-refractivity contribution in [3.63, 3.8) is 0 Å². The number of nitrogens with one attached hydrogen (secondary N) is 2. The molecule has 1 unspecified atom stereocenters. The van der Waals surface area contributed by atoms with Gasteiger partial charge in [-0.3, -0.25) is 4.79 Å². The maximum Gasteiger partial charge on any atom is 0.287 e. The predicted octanol–water partition coefficient (Wildman–Crippen LogP) is 3.77. The highest BCUT2D eigenvalue weighted by atomic mass is 19.1. The zero-order valence-electron chi connectivity index (χ0n) is 17.9. The molecule has 3 aromatic rings. The summed E-state index contributed by atoms with van der Waals surface area (Å²) in [6.45, 7) is 8.41. The molecule has 0 saturated carbocycles. The van der Waals surface area contributed by atoms with Crippen LogP contribution in [0.4, 0.5) is 4.39 Å². The number of furan rings is 1. The molecule has 2 aromatic carbocycles. The molecule has 0 aliphatic rings. The van der Waals surface area contributed by atoms with Gasteiger partial charge in [-0.1, -0.05) is 42.5 Å². The predicted molar refractivity (Wildman–Crippen MR) is 116 cm³/mol. The van der Waals surface area contributed by atoms with Gasteiger partial charge in [-0.25, -0.2) is 4.39 Å². The van der Waals surface area contributed by atoms with Crippen molar-refractivity contribution < 1.29 is 18.5 Å². The van der Waals surface area contributed by atoms with E-state index in [-0.39, 0.29) is 17.3 Å². The molecule has 0 spiro atoms. The minimum absolute atomic E-state index is 0.0424. The van der Waals surface area contributed by atoms with E-state index in [4.69, 9.17) is 4.42 Å². The maximum atomic E-state index is 13.2. The number of carbonyl (C=O) groups excluding carboxylic acids is 1. The lowest BCUT2D eigenvalue weighted by molar-refractivity contribution is -0.973. The summed E-state index contributed by atoms with van der Waals surface area (Å²) < 4.78 is 19.0. The quantitative estimate of drug-likeness (QED) is 0.595. The van der Waals surface area contributed by atoms with Crippen LogP contribution in [0.15, 0.2) is 71.1 Å². The second-order valence-electron chi connectivity index (χ2n) is 8.59. The molecule has 0 saturated heterocycles. The van der Waals surface area contributed by atoms with Gasteiger partial charge >= 0.3 is 0 Å². The molecule has 1 amide bonds. The molecule has 2 N–H and O–H groups in total. The average Bonchev–Trinajstić information content (AvgIpc) is 3.18. The summed E-state index contributed by atoms with van der Waals surface area (Å²) in [4.78, 5) is 13.7. The topological polar surface area (TPSA) is 46.7 Å². The Morgan fingerprint density at radius 2 is 1.63 bits per heavy atom. The molecule has 4 nitrogen and oxygen atoms in total. The fraction of sp³-hybridized carbons (Fsp3) is 0.320. The highest BCUT2D eigenvalue weighted by molar-refractivity contribution is 5.91. The molecule has 3 rings (SSSR count). The summed E-state index contributed by atoms with van der Waals surface area (Å²) in [6.07, 6.45) is 0.778. The highest BCUT2D eigenvalue weighted by Crippen LogP contribution is 2.09. The molecule has 30 heavy (non-hydrogen) atoms. The van der Waals surface area contributed by atoms with Crippen LogP contribution in [-0.2, 0) is 19.5 Å². The molecular formula is C25H30FN2O2+. The molecule has 0 aliphatic heterocycles. The van der Waals surface area contributed by atoms with Crippen LogP contribution in [0.2, 0.25) is 0 Å². The molecule has 0 radical (unpaired) electrons. The Morgan fingerprint density at radius 1 is 0.933 bits per heavy atom. The normalized spacial score (nSPS) is 12.5. The Labute approximate surface area is 177 Å². The Morgan fingerprint density at radius 3 is 2.30 bits per heavy atom. The molecule has 5 heteroatoms. The molecule has 1 aromatic heterocycles. The Balaban J connectivity index is 1.58. The van der Waals surface area contributed by atoms with E-state index in [1.807, 2.05) is 48.5 Å². The summed E-state index contributed by atoms with van der Waals surface area (Å²) in [7, 11) is 0. The van der Waals surface area contributed by atoms with E-state index >= 15 is 0 Å². The smallest absolute Gasteiger partial charge is 0.287 e. The number of benzene rings is 2. The van der Waals surface area contributed by atoms with Gasteiger partial charge < -0.3 is 14.6 Å². The van der Waals surface area contributed by atoms with Gasteiger partial charge in [0.15, 0.2) is 11.5 Å². The molecule has 1 atom stereocenters. The Kier molecular flexibility index (Phi) is 7.06. The van der Waals surface area contributed by atoms with Crippen molar-refractivity contribution in [2.75, 3.05) is 6.54 Å². The van der Waals surface area contributed by atoms with E-state index in [1.165, 1.54) is 22.6 Å². The summed E-state index contributed by atoms with van der Waals surface area (Å²) in [6, 6.07) is 20.2. The van der Waals surface area contributed by atoms with Crippen LogP contribution in [0.25, 0.3) is 0 Å². The van der Waals surface area contributed by atoms with Gasteiger partial charge in [-0.05, 0) is 57.0 Å². The van der Waals surface area contributed by atoms with Crippen LogP contribution in [-0.4, -0.2) is 18.0 Å². The van der Waals surface area contributed by atoms with E-state index in [1.54, 1.807) is 6.07 Å². The van der Waals surface area contributed by atoms with Gasteiger partial charge in [-0.2, -0.15) is 0 Å². The van der Waals surface area contributed by atoms with Gasteiger partial charge in [0, 0.05) is 12.1 Å². The van der Waals surface area contributed by atoms with E-state index in [9.17, 15) is 9.18 Å². The molecular weight excluding hydrogens is 379 g/mol. The summed E-state index contributed by atoms with van der Waals surface area (Å²) >= 11 is 0. The van der Waals surface area contributed by atoms with Crippen molar-refractivity contribution in [2.24, 2.45) is 0 Å². The highest BCUT2D eigenvalue weighted by Gasteiger charge is 2.27. The van der Waals surface area contributed by atoms with Crippen LogP contribution < -0.4 is 10.2 Å². The van der Waals surface area contributed by atoms with Gasteiger partial charge in [0.2, 0.25) is 0 Å². The van der Waals surface area contributed by atoms with E-state index < -0.39 is 0 Å². The number of halogens is 1. The van der Waals surface area contributed by atoms with Crippen LogP contribution in [0.3, 0.4) is 0 Å². The zero-order valence-corrected chi connectivity index (χ0v) is 17.9.